The second-order valence-electron chi connectivity index (χ2n) is 4.39. The summed E-state index contributed by atoms with van der Waals surface area (Å²) in [6, 6.07) is 0. The van der Waals surface area contributed by atoms with Crippen molar-refractivity contribution in [2.45, 2.75) is 58.3 Å². The molecule has 2 nitrogen and oxygen atoms in total. The Morgan fingerprint density at radius 3 is 2.39 bits per heavy atom. The van der Waals surface area contributed by atoms with Gasteiger partial charge in [-0.25, -0.2) is 0 Å². The molecule has 0 unspecified atom stereocenters. The van der Waals surface area contributed by atoms with Crippen LogP contribution in [0.5, 0.6) is 0 Å². The molecule has 0 N–H and O–H groups in total. The lowest BCUT2D eigenvalue weighted by Gasteiger charge is -2.04. The van der Waals surface area contributed by atoms with Crippen molar-refractivity contribution in [2.75, 3.05) is 23.4 Å². The minimum Gasteiger partial charge on any atom is -0.466 e. The number of carbonyl (C=O) groups is 1. The largest absolute Gasteiger partial charge is 0.466 e. The summed E-state index contributed by atoms with van der Waals surface area (Å²) >= 11 is 5.15. The van der Waals surface area contributed by atoms with Crippen LogP contribution in [-0.4, -0.2) is 29.4 Å². The number of halogens is 1. The number of carbonyl (C=O) groups excluding carboxylic acids is 1. The minimum atomic E-state index is -0.0388. The molecule has 0 spiro atoms. The molecular formula is C14H27BrO2S. The van der Waals surface area contributed by atoms with Gasteiger partial charge in [-0.1, -0.05) is 61.4 Å². The quantitative estimate of drug-likeness (QED) is 0.274. The molecule has 0 aromatic rings. The van der Waals surface area contributed by atoms with E-state index in [0.29, 0.717) is 13.0 Å². The van der Waals surface area contributed by atoms with Gasteiger partial charge in [0.1, 0.15) is 0 Å². The van der Waals surface area contributed by atoms with Crippen LogP contribution < -0.4 is 0 Å². The molecule has 18 heavy (non-hydrogen) atoms. The topological polar surface area (TPSA) is 26.3 Å². The highest BCUT2D eigenvalue weighted by atomic mass is 79.9. The van der Waals surface area contributed by atoms with Gasteiger partial charge in [0.25, 0.3) is 0 Å². The van der Waals surface area contributed by atoms with E-state index in [1.54, 1.807) is 11.8 Å². The average molecular weight is 339 g/mol. The zero-order chi connectivity index (χ0) is 13.5. The molecule has 0 radical (unpaired) electrons. The number of hydrogen-bond acceptors (Lipinski definition) is 3. The summed E-state index contributed by atoms with van der Waals surface area (Å²) in [6.07, 6.45) is 9.35. The molecule has 0 aliphatic heterocycles. The number of thioether (sulfide) groups is 1. The van der Waals surface area contributed by atoms with Crippen molar-refractivity contribution < 1.29 is 9.53 Å². The van der Waals surface area contributed by atoms with Crippen molar-refractivity contribution in [1.29, 1.82) is 0 Å². The van der Waals surface area contributed by atoms with Crippen LogP contribution in [0.15, 0.2) is 0 Å². The summed E-state index contributed by atoms with van der Waals surface area (Å²) in [7, 11) is 0. The molecule has 0 aliphatic carbocycles. The summed E-state index contributed by atoms with van der Waals surface area (Å²) in [5.74, 6) is 1.90. The van der Waals surface area contributed by atoms with Crippen molar-refractivity contribution in [3.05, 3.63) is 0 Å². The van der Waals surface area contributed by atoms with Gasteiger partial charge in [0, 0.05) is 16.8 Å². The van der Waals surface area contributed by atoms with Crippen LogP contribution in [0.3, 0.4) is 0 Å². The van der Waals surface area contributed by atoms with Gasteiger partial charge in [0.15, 0.2) is 0 Å². The first-order valence-corrected chi connectivity index (χ1v) is 9.38. The highest BCUT2D eigenvalue weighted by Gasteiger charge is 2.02. The van der Waals surface area contributed by atoms with Gasteiger partial charge >= 0.3 is 5.97 Å². The number of esters is 1. The van der Waals surface area contributed by atoms with E-state index < -0.39 is 0 Å². The van der Waals surface area contributed by atoms with Crippen molar-refractivity contribution >= 4 is 33.7 Å². The first-order chi connectivity index (χ1) is 8.81. The first kappa shape index (κ1) is 18.3. The maximum atomic E-state index is 11.3. The van der Waals surface area contributed by atoms with Crippen LogP contribution in [0.4, 0.5) is 0 Å². The molecule has 0 saturated heterocycles. The SMILES string of the molecule is CCCCCCCCCOC(=O)CCSCCBr. The third kappa shape index (κ3) is 14.4. The molecule has 108 valence electrons. The van der Waals surface area contributed by atoms with E-state index in [-0.39, 0.29) is 5.97 Å². The fourth-order valence-electron chi connectivity index (χ4n) is 1.63. The van der Waals surface area contributed by atoms with Gasteiger partial charge in [0.05, 0.1) is 13.0 Å². The van der Waals surface area contributed by atoms with Gasteiger partial charge in [-0.3, -0.25) is 4.79 Å². The predicted octanol–water partition coefficient (Wildman–Crippen LogP) is 4.80. The molecule has 0 fully saturated rings. The Morgan fingerprint density at radius 2 is 1.72 bits per heavy atom. The fourth-order valence-corrected chi connectivity index (χ4v) is 2.94. The third-order valence-corrected chi connectivity index (χ3v) is 4.59. The van der Waals surface area contributed by atoms with E-state index in [2.05, 4.69) is 22.9 Å². The van der Waals surface area contributed by atoms with Crippen molar-refractivity contribution in [3.63, 3.8) is 0 Å². The standard InChI is InChI=1S/C14H27BrO2S/c1-2-3-4-5-6-7-8-11-17-14(16)9-12-18-13-10-15/h2-13H2,1H3. The normalized spacial score (nSPS) is 10.6. The molecule has 0 bridgehead atoms. The third-order valence-electron chi connectivity index (χ3n) is 2.68. The smallest absolute Gasteiger partial charge is 0.306 e. The zero-order valence-electron chi connectivity index (χ0n) is 11.6. The monoisotopic (exact) mass is 338 g/mol. The summed E-state index contributed by atoms with van der Waals surface area (Å²) in [6.45, 7) is 2.84. The van der Waals surface area contributed by atoms with E-state index in [9.17, 15) is 4.79 Å². The van der Waals surface area contributed by atoms with Crippen molar-refractivity contribution in [3.8, 4) is 0 Å². The van der Waals surface area contributed by atoms with Crippen LogP contribution in [-0.2, 0) is 9.53 Å². The minimum absolute atomic E-state index is 0.0388. The van der Waals surface area contributed by atoms with Crippen LogP contribution in [0.2, 0.25) is 0 Å². The van der Waals surface area contributed by atoms with Gasteiger partial charge in [0.2, 0.25) is 0 Å². The maximum absolute atomic E-state index is 11.3. The fraction of sp³-hybridized carbons (Fsp3) is 0.929. The summed E-state index contributed by atoms with van der Waals surface area (Å²) in [4.78, 5) is 11.3. The van der Waals surface area contributed by atoms with Crippen molar-refractivity contribution in [1.82, 2.24) is 0 Å². The molecule has 0 aromatic heterocycles. The Hall–Kier alpha value is 0.300. The number of ether oxygens (including phenoxy) is 1. The second-order valence-corrected chi connectivity index (χ2v) is 6.41. The Morgan fingerprint density at radius 1 is 1.06 bits per heavy atom. The molecule has 0 heterocycles. The second kappa shape index (κ2) is 15.4. The van der Waals surface area contributed by atoms with Crippen molar-refractivity contribution in [2.24, 2.45) is 0 Å². The van der Waals surface area contributed by atoms with Gasteiger partial charge in [-0.2, -0.15) is 11.8 Å². The van der Waals surface area contributed by atoms with E-state index in [1.807, 2.05) is 0 Å². The van der Waals surface area contributed by atoms with E-state index in [4.69, 9.17) is 4.74 Å². The lowest BCUT2D eigenvalue weighted by molar-refractivity contribution is -0.143. The number of unbranched alkanes of at least 4 members (excludes halogenated alkanes) is 6. The van der Waals surface area contributed by atoms with Crippen LogP contribution in [0.25, 0.3) is 0 Å². The van der Waals surface area contributed by atoms with Crippen LogP contribution >= 0.6 is 27.7 Å². The summed E-state index contributed by atoms with van der Waals surface area (Å²) in [5, 5.41) is 0.991. The van der Waals surface area contributed by atoms with E-state index in [1.165, 1.54) is 38.5 Å². The molecule has 0 saturated carbocycles. The predicted molar refractivity (Wildman–Crippen MR) is 84.7 cm³/mol. The summed E-state index contributed by atoms with van der Waals surface area (Å²) < 4.78 is 5.19. The molecule has 0 aliphatic rings. The molecule has 0 amide bonds. The van der Waals surface area contributed by atoms with Gasteiger partial charge < -0.3 is 4.74 Å². The molecular weight excluding hydrogens is 312 g/mol. The Kier molecular flexibility index (Phi) is 15.6. The molecule has 4 heteroatoms. The maximum Gasteiger partial charge on any atom is 0.306 e. The van der Waals surface area contributed by atoms with E-state index >= 15 is 0 Å². The lowest BCUT2D eigenvalue weighted by atomic mass is 10.1. The Labute approximate surface area is 125 Å². The average Bonchev–Trinajstić information content (AvgIpc) is 2.38. The Balaban J connectivity index is 3.10. The highest BCUT2D eigenvalue weighted by molar-refractivity contribution is 9.09. The van der Waals surface area contributed by atoms with Crippen LogP contribution in [0, 0.1) is 0 Å². The molecule has 0 rings (SSSR count). The highest BCUT2D eigenvalue weighted by Crippen LogP contribution is 2.08. The van der Waals surface area contributed by atoms with Gasteiger partial charge in [-0.15, -0.1) is 0 Å². The summed E-state index contributed by atoms with van der Waals surface area (Å²) in [5.41, 5.74) is 0. The first-order valence-electron chi connectivity index (χ1n) is 7.10. The lowest BCUT2D eigenvalue weighted by Crippen LogP contribution is -2.07. The number of rotatable bonds is 13. The molecule has 0 aromatic carbocycles. The van der Waals surface area contributed by atoms with Gasteiger partial charge in [-0.05, 0) is 6.42 Å². The zero-order valence-corrected chi connectivity index (χ0v) is 14.0. The Bertz CT molecular complexity index is 189. The van der Waals surface area contributed by atoms with Crippen LogP contribution in [0.1, 0.15) is 58.3 Å². The number of alkyl halides is 1. The van der Waals surface area contributed by atoms with E-state index in [0.717, 1.165) is 23.3 Å². The number of hydrogen-bond donors (Lipinski definition) is 0. The molecule has 0 atom stereocenters.